The molecule has 0 heterocycles. The summed E-state index contributed by atoms with van der Waals surface area (Å²) in [5, 5.41) is 3.67. The summed E-state index contributed by atoms with van der Waals surface area (Å²) < 4.78 is 48.1. The fraction of sp³-hybridized carbons (Fsp3) is 0.222. The highest BCUT2D eigenvalue weighted by Gasteiger charge is 2.52. The Morgan fingerprint density at radius 3 is 2.18 bits per heavy atom. The molecule has 17 heavy (non-hydrogen) atoms. The Labute approximate surface area is 101 Å². The SMILES string of the molecule is O=C(O)C(F)(F)S(=O)(=O)Cc1ccc(Cl)cc1. The van der Waals surface area contributed by atoms with Crippen LogP contribution in [0.3, 0.4) is 0 Å². The Morgan fingerprint density at radius 2 is 1.76 bits per heavy atom. The fourth-order valence-electron chi connectivity index (χ4n) is 1.02. The number of halogens is 3. The average Bonchev–Trinajstić information content (AvgIpc) is 2.20. The first-order valence-electron chi connectivity index (χ1n) is 4.25. The van der Waals surface area contributed by atoms with Crippen molar-refractivity contribution in [2.75, 3.05) is 0 Å². The summed E-state index contributed by atoms with van der Waals surface area (Å²) in [7, 11) is -5.10. The smallest absolute Gasteiger partial charge is 0.440 e. The van der Waals surface area contributed by atoms with E-state index in [-0.39, 0.29) is 5.56 Å². The van der Waals surface area contributed by atoms with E-state index in [9.17, 15) is 22.0 Å². The van der Waals surface area contributed by atoms with E-state index >= 15 is 0 Å². The molecule has 1 aromatic carbocycles. The predicted octanol–water partition coefficient (Wildman–Crippen LogP) is 1.93. The molecule has 1 N–H and O–H groups in total. The molecule has 0 spiro atoms. The van der Waals surface area contributed by atoms with E-state index in [4.69, 9.17) is 16.7 Å². The van der Waals surface area contributed by atoms with Crippen LogP contribution in [0.4, 0.5) is 8.78 Å². The van der Waals surface area contributed by atoms with Crippen molar-refractivity contribution in [3.05, 3.63) is 34.9 Å². The van der Waals surface area contributed by atoms with E-state index in [1.165, 1.54) is 24.3 Å². The Balaban J connectivity index is 3.02. The second-order valence-electron chi connectivity index (χ2n) is 3.21. The molecule has 1 rings (SSSR count). The zero-order valence-corrected chi connectivity index (χ0v) is 9.80. The van der Waals surface area contributed by atoms with E-state index in [0.717, 1.165) is 0 Å². The monoisotopic (exact) mass is 284 g/mol. The van der Waals surface area contributed by atoms with Gasteiger partial charge in [-0.25, -0.2) is 13.2 Å². The van der Waals surface area contributed by atoms with Gasteiger partial charge in [0.1, 0.15) is 0 Å². The third-order valence-electron chi connectivity index (χ3n) is 1.91. The summed E-state index contributed by atoms with van der Waals surface area (Å²) in [4.78, 5) is 10.2. The summed E-state index contributed by atoms with van der Waals surface area (Å²) in [5.41, 5.74) is 0.0373. The van der Waals surface area contributed by atoms with Gasteiger partial charge in [-0.15, -0.1) is 0 Å². The first-order chi connectivity index (χ1) is 7.67. The molecule has 0 saturated heterocycles. The highest BCUT2D eigenvalue weighted by molar-refractivity contribution is 7.92. The van der Waals surface area contributed by atoms with Gasteiger partial charge in [-0.2, -0.15) is 8.78 Å². The highest BCUT2D eigenvalue weighted by Crippen LogP contribution is 2.26. The van der Waals surface area contributed by atoms with Crippen LogP contribution in [0.2, 0.25) is 5.02 Å². The van der Waals surface area contributed by atoms with E-state index in [2.05, 4.69) is 0 Å². The maximum Gasteiger partial charge on any atom is 0.440 e. The minimum Gasteiger partial charge on any atom is -0.476 e. The van der Waals surface area contributed by atoms with Crippen molar-refractivity contribution in [2.45, 2.75) is 11.0 Å². The van der Waals surface area contributed by atoms with Gasteiger partial charge in [0.05, 0.1) is 5.75 Å². The summed E-state index contributed by atoms with van der Waals surface area (Å²) >= 11 is 5.53. The minimum atomic E-state index is -5.10. The third-order valence-corrected chi connectivity index (χ3v) is 3.83. The number of alkyl halides is 2. The molecule has 94 valence electrons. The first-order valence-corrected chi connectivity index (χ1v) is 6.28. The molecular formula is C9H7ClF2O4S. The maximum atomic E-state index is 12.9. The molecule has 1 aromatic rings. The number of hydrogen-bond donors (Lipinski definition) is 1. The molecule has 0 atom stereocenters. The van der Waals surface area contributed by atoms with Gasteiger partial charge in [-0.3, -0.25) is 0 Å². The summed E-state index contributed by atoms with van der Waals surface area (Å²) in [6, 6.07) is 5.12. The molecule has 0 unspecified atom stereocenters. The van der Waals surface area contributed by atoms with Crippen LogP contribution in [0.15, 0.2) is 24.3 Å². The molecule has 4 nitrogen and oxygen atoms in total. The number of rotatable bonds is 4. The number of carboxylic acids is 1. The fourth-order valence-corrected chi connectivity index (χ4v) is 2.23. The second kappa shape index (κ2) is 4.58. The van der Waals surface area contributed by atoms with Gasteiger partial charge in [-0.05, 0) is 17.7 Å². The van der Waals surface area contributed by atoms with Crippen LogP contribution in [-0.4, -0.2) is 24.7 Å². The molecule has 0 aliphatic rings. The summed E-state index contributed by atoms with van der Waals surface area (Å²) in [6.45, 7) is 0. The zero-order valence-electron chi connectivity index (χ0n) is 8.23. The second-order valence-corrected chi connectivity index (χ2v) is 5.67. The van der Waals surface area contributed by atoms with Crippen molar-refractivity contribution in [2.24, 2.45) is 0 Å². The van der Waals surface area contributed by atoms with Crippen LogP contribution in [0.5, 0.6) is 0 Å². The normalized spacial score (nSPS) is 12.4. The van der Waals surface area contributed by atoms with Gasteiger partial charge in [0, 0.05) is 5.02 Å². The first kappa shape index (κ1) is 13.9. The van der Waals surface area contributed by atoms with Crippen LogP contribution in [0.25, 0.3) is 0 Å². The van der Waals surface area contributed by atoms with Crippen LogP contribution in [-0.2, 0) is 20.4 Å². The van der Waals surface area contributed by atoms with Crippen molar-refractivity contribution in [1.29, 1.82) is 0 Å². The Morgan fingerprint density at radius 1 is 1.29 bits per heavy atom. The lowest BCUT2D eigenvalue weighted by molar-refractivity contribution is -0.153. The molecule has 0 fully saturated rings. The van der Waals surface area contributed by atoms with Crippen molar-refractivity contribution in [1.82, 2.24) is 0 Å². The molecule has 0 aliphatic heterocycles. The Kier molecular flexibility index (Phi) is 3.73. The summed E-state index contributed by atoms with van der Waals surface area (Å²) in [6.07, 6.45) is 0. The van der Waals surface area contributed by atoms with Gasteiger partial charge in [-0.1, -0.05) is 23.7 Å². The van der Waals surface area contributed by atoms with Gasteiger partial charge < -0.3 is 5.11 Å². The number of aliphatic carboxylic acids is 1. The molecule has 0 aliphatic carbocycles. The zero-order chi connectivity index (χ0) is 13.3. The van der Waals surface area contributed by atoms with Crippen molar-refractivity contribution in [3.8, 4) is 0 Å². The predicted molar refractivity (Wildman–Crippen MR) is 56.7 cm³/mol. The lowest BCUT2D eigenvalue weighted by atomic mass is 10.2. The number of carbonyl (C=O) groups is 1. The lowest BCUT2D eigenvalue weighted by Crippen LogP contribution is -2.38. The molecule has 0 bridgehead atoms. The van der Waals surface area contributed by atoms with Gasteiger partial charge in [0.25, 0.3) is 0 Å². The van der Waals surface area contributed by atoms with Crippen molar-refractivity contribution < 1.29 is 27.1 Å². The minimum absolute atomic E-state index is 0.0373. The van der Waals surface area contributed by atoms with E-state index in [1.807, 2.05) is 0 Å². The summed E-state index contributed by atoms with van der Waals surface area (Å²) in [5.74, 6) is -3.75. The average molecular weight is 285 g/mol. The van der Waals surface area contributed by atoms with Crippen molar-refractivity contribution >= 4 is 27.4 Å². The number of benzene rings is 1. The van der Waals surface area contributed by atoms with E-state index < -0.39 is 26.8 Å². The van der Waals surface area contributed by atoms with Crippen LogP contribution in [0, 0.1) is 0 Å². The topological polar surface area (TPSA) is 71.4 Å². The van der Waals surface area contributed by atoms with Crippen molar-refractivity contribution in [3.63, 3.8) is 0 Å². The molecule has 0 amide bonds. The highest BCUT2D eigenvalue weighted by atomic mass is 35.5. The van der Waals surface area contributed by atoms with Crippen LogP contribution in [0.1, 0.15) is 5.56 Å². The van der Waals surface area contributed by atoms with Crippen LogP contribution >= 0.6 is 11.6 Å². The largest absolute Gasteiger partial charge is 0.476 e. The van der Waals surface area contributed by atoms with E-state index in [0.29, 0.717) is 5.02 Å². The third kappa shape index (κ3) is 2.92. The van der Waals surface area contributed by atoms with Crippen LogP contribution < -0.4 is 0 Å². The Hall–Kier alpha value is -1.21. The molecule has 0 aromatic heterocycles. The number of hydrogen-bond acceptors (Lipinski definition) is 3. The van der Waals surface area contributed by atoms with Gasteiger partial charge >= 0.3 is 11.2 Å². The molecule has 0 radical (unpaired) electrons. The molecule has 8 heteroatoms. The lowest BCUT2D eigenvalue weighted by Gasteiger charge is -2.12. The van der Waals surface area contributed by atoms with E-state index in [1.54, 1.807) is 0 Å². The Bertz CT molecular complexity index is 524. The molecular weight excluding hydrogens is 278 g/mol. The number of carboxylic acid groups (broad SMARTS) is 1. The quantitative estimate of drug-likeness (QED) is 0.917. The number of sulfone groups is 1. The van der Waals surface area contributed by atoms with Gasteiger partial charge in [0.2, 0.25) is 9.84 Å². The van der Waals surface area contributed by atoms with Gasteiger partial charge in [0.15, 0.2) is 0 Å². The maximum absolute atomic E-state index is 12.9. The molecule has 0 saturated carbocycles. The standard InChI is InChI=1S/C9H7ClF2O4S/c10-7-3-1-6(2-4-7)5-17(15,16)9(11,12)8(13)14/h1-4H,5H2,(H,13,14).